The van der Waals surface area contributed by atoms with Crippen LogP contribution in [0.1, 0.15) is 29.5 Å². The summed E-state index contributed by atoms with van der Waals surface area (Å²) in [6, 6.07) is 7.75. The molecule has 3 rings (SSSR count). The van der Waals surface area contributed by atoms with Gasteiger partial charge in [0.2, 0.25) is 0 Å². The van der Waals surface area contributed by atoms with Gasteiger partial charge in [0.15, 0.2) is 0 Å². The van der Waals surface area contributed by atoms with Crippen molar-refractivity contribution >= 4 is 22.6 Å². The van der Waals surface area contributed by atoms with Gasteiger partial charge in [-0.3, -0.25) is 4.90 Å². The maximum atomic E-state index is 2.68. The van der Waals surface area contributed by atoms with Crippen molar-refractivity contribution in [3.63, 3.8) is 0 Å². The van der Waals surface area contributed by atoms with Gasteiger partial charge in [0.05, 0.1) is 0 Å². The SMILES string of the molecule is ICc1cccc2c1CN(C1CC1)CC2. The van der Waals surface area contributed by atoms with Gasteiger partial charge >= 0.3 is 0 Å². The smallest absolute Gasteiger partial charge is 0.0250 e. The van der Waals surface area contributed by atoms with Crippen molar-refractivity contribution in [3.05, 3.63) is 34.9 Å². The molecule has 1 aromatic rings. The van der Waals surface area contributed by atoms with Crippen LogP contribution >= 0.6 is 22.6 Å². The van der Waals surface area contributed by atoms with Gasteiger partial charge in [-0.2, -0.15) is 0 Å². The van der Waals surface area contributed by atoms with E-state index in [9.17, 15) is 0 Å². The van der Waals surface area contributed by atoms with Crippen LogP contribution in [0.2, 0.25) is 0 Å². The summed E-state index contributed by atoms with van der Waals surface area (Å²) in [6.45, 7) is 2.49. The Balaban J connectivity index is 1.91. The monoisotopic (exact) mass is 313 g/mol. The third-order valence-corrected chi connectivity index (χ3v) is 4.43. The molecule has 1 fully saturated rings. The van der Waals surface area contributed by atoms with E-state index < -0.39 is 0 Å². The van der Waals surface area contributed by atoms with Gasteiger partial charge in [-0.05, 0) is 36.0 Å². The zero-order valence-corrected chi connectivity index (χ0v) is 11.0. The maximum absolute atomic E-state index is 2.68. The summed E-state index contributed by atoms with van der Waals surface area (Å²) in [5.41, 5.74) is 4.78. The average Bonchev–Trinajstić information content (AvgIpc) is 3.11. The minimum atomic E-state index is 0.917. The Labute approximate surface area is 105 Å². The van der Waals surface area contributed by atoms with E-state index in [-0.39, 0.29) is 0 Å². The van der Waals surface area contributed by atoms with Crippen molar-refractivity contribution in [2.75, 3.05) is 6.54 Å². The van der Waals surface area contributed by atoms with E-state index in [1.54, 1.807) is 16.7 Å². The summed E-state index contributed by atoms with van der Waals surface area (Å²) in [5.74, 6) is 0. The van der Waals surface area contributed by atoms with Crippen LogP contribution < -0.4 is 0 Å². The number of nitrogens with zero attached hydrogens (tertiary/aromatic N) is 1. The first kappa shape index (κ1) is 10.1. The van der Waals surface area contributed by atoms with Crippen LogP contribution in [0.3, 0.4) is 0 Å². The van der Waals surface area contributed by atoms with E-state index >= 15 is 0 Å². The number of hydrogen-bond donors (Lipinski definition) is 0. The lowest BCUT2D eigenvalue weighted by atomic mass is 9.95. The topological polar surface area (TPSA) is 3.24 Å². The van der Waals surface area contributed by atoms with Crippen molar-refractivity contribution in [2.24, 2.45) is 0 Å². The van der Waals surface area contributed by atoms with E-state index in [0.29, 0.717) is 0 Å². The van der Waals surface area contributed by atoms with E-state index in [0.717, 1.165) is 10.5 Å². The zero-order valence-electron chi connectivity index (χ0n) is 8.88. The molecule has 1 nitrogen and oxygen atoms in total. The molecule has 0 atom stereocenters. The van der Waals surface area contributed by atoms with Crippen molar-refractivity contribution in [2.45, 2.75) is 36.3 Å². The van der Waals surface area contributed by atoms with Crippen molar-refractivity contribution in [1.82, 2.24) is 4.90 Å². The number of fused-ring (bicyclic) bond motifs is 1. The summed E-state index contributed by atoms with van der Waals surface area (Å²) in [7, 11) is 0. The molecule has 1 heterocycles. The molecule has 1 saturated carbocycles. The molecule has 0 saturated heterocycles. The number of halogens is 1. The van der Waals surface area contributed by atoms with E-state index in [2.05, 4.69) is 45.7 Å². The molecule has 0 spiro atoms. The van der Waals surface area contributed by atoms with E-state index in [1.807, 2.05) is 0 Å². The molecule has 15 heavy (non-hydrogen) atoms. The first-order valence-electron chi connectivity index (χ1n) is 5.78. The van der Waals surface area contributed by atoms with Gasteiger partial charge in [0.1, 0.15) is 0 Å². The van der Waals surface area contributed by atoms with Gasteiger partial charge in [0.25, 0.3) is 0 Å². The molecule has 0 radical (unpaired) electrons. The molecule has 0 N–H and O–H groups in total. The Morgan fingerprint density at radius 1 is 1.33 bits per heavy atom. The fourth-order valence-electron chi connectivity index (χ4n) is 2.55. The normalized spacial score (nSPS) is 21.4. The Morgan fingerprint density at radius 3 is 2.93 bits per heavy atom. The Bertz CT molecular complexity index is 357. The largest absolute Gasteiger partial charge is 0.296 e. The second kappa shape index (κ2) is 4.06. The zero-order chi connectivity index (χ0) is 10.3. The Morgan fingerprint density at radius 2 is 2.20 bits per heavy atom. The Kier molecular flexibility index (Phi) is 2.73. The Hall–Kier alpha value is -0.0900. The summed E-state index contributed by atoms with van der Waals surface area (Å²) in [6.07, 6.45) is 4.12. The van der Waals surface area contributed by atoms with Crippen LogP contribution in [-0.4, -0.2) is 17.5 Å². The van der Waals surface area contributed by atoms with Gasteiger partial charge < -0.3 is 0 Å². The molecule has 0 bridgehead atoms. The number of hydrogen-bond acceptors (Lipinski definition) is 1. The maximum Gasteiger partial charge on any atom is 0.0250 e. The van der Waals surface area contributed by atoms with E-state index in [1.165, 1.54) is 32.4 Å². The molecule has 0 amide bonds. The van der Waals surface area contributed by atoms with Crippen LogP contribution in [-0.2, 0) is 17.4 Å². The fraction of sp³-hybridized carbons (Fsp3) is 0.538. The molecule has 1 aliphatic carbocycles. The van der Waals surface area contributed by atoms with Crippen LogP contribution in [0.5, 0.6) is 0 Å². The van der Waals surface area contributed by atoms with Gasteiger partial charge in [-0.1, -0.05) is 40.8 Å². The van der Waals surface area contributed by atoms with Gasteiger partial charge in [-0.25, -0.2) is 0 Å². The average molecular weight is 313 g/mol. The third-order valence-electron chi connectivity index (χ3n) is 3.61. The highest BCUT2D eigenvalue weighted by Gasteiger charge is 2.31. The third kappa shape index (κ3) is 1.94. The first-order chi connectivity index (χ1) is 7.38. The number of alkyl halides is 1. The molecule has 1 aromatic carbocycles. The molecule has 0 unspecified atom stereocenters. The lowest BCUT2D eigenvalue weighted by Gasteiger charge is -2.30. The predicted molar refractivity (Wildman–Crippen MR) is 71.3 cm³/mol. The summed E-state index contributed by atoms with van der Waals surface area (Å²) < 4.78 is 1.15. The lowest BCUT2D eigenvalue weighted by Crippen LogP contribution is -2.32. The summed E-state index contributed by atoms with van der Waals surface area (Å²) in [4.78, 5) is 2.68. The summed E-state index contributed by atoms with van der Waals surface area (Å²) >= 11 is 2.48. The van der Waals surface area contributed by atoms with Crippen LogP contribution in [0.25, 0.3) is 0 Å². The molecule has 0 aromatic heterocycles. The van der Waals surface area contributed by atoms with E-state index in [4.69, 9.17) is 0 Å². The second-order valence-corrected chi connectivity index (χ2v) is 5.40. The number of benzene rings is 1. The minimum Gasteiger partial charge on any atom is -0.296 e. The standard InChI is InChI=1S/C13H16IN/c14-8-11-3-1-2-10-6-7-15(9-13(10)11)12-4-5-12/h1-3,12H,4-9H2. The summed E-state index contributed by atoms with van der Waals surface area (Å²) in [5, 5.41) is 0. The first-order valence-corrected chi connectivity index (χ1v) is 7.30. The minimum absolute atomic E-state index is 0.917. The molecule has 2 heteroatoms. The van der Waals surface area contributed by atoms with Crippen LogP contribution in [0.4, 0.5) is 0 Å². The van der Waals surface area contributed by atoms with Crippen molar-refractivity contribution in [3.8, 4) is 0 Å². The van der Waals surface area contributed by atoms with Crippen LogP contribution in [0, 0.1) is 0 Å². The van der Waals surface area contributed by atoms with Crippen molar-refractivity contribution in [1.29, 1.82) is 0 Å². The molecule has 1 aliphatic heterocycles. The molecular formula is C13H16IN. The highest BCUT2D eigenvalue weighted by Crippen LogP contribution is 2.33. The molecule has 2 aliphatic rings. The fourth-order valence-corrected chi connectivity index (χ4v) is 3.26. The predicted octanol–water partition coefficient (Wildman–Crippen LogP) is 3.14. The van der Waals surface area contributed by atoms with Gasteiger partial charge in [-0.15, -0.1) is 0 Å². The van der Waals surface area contributed by atoms with Crippen molar-refractivity contribution < 1.29 is 0 Å². The highest BCUT2D eigenvalue weighted by molar-refractivity contribution is 14.1. The lowest BCUT2D eigenvalue weighted by molar-refractivity contribution is 0.243. The van der Waals surface area contributed by atoms with Gasteiger partial charge in [0, 0.05) is 23.6 Å². The highest BCUT2D eigenvalue weighted by atomic mass is 127. The second-order valence-electron chi connectivity index (χ2n) is 4.64. The quantitative estimate of drug-likeness (QED) is 0.599. The molecule has 80 valence electrons. The van der Waals surface area contributed by atoms with Crippen LogP contribution in [0.15, 0.2) is 18.2 Å². The molecular weight excluding hydrogens is 297 g/mol. The number of rotatable bonds is 2.